The smallest absolute Gasteiger partial charge is 0.272 e. The van der Waals surface area contributed by atoms with E-state index in [4.69, 9.17) is 29.4 Å². The van der Waals surface area contributed by atoms with Crippen molar-refractivity contribution in [3.05, 3.63) is 35.9 Å². The maximum Gasteiger partial charge on any atom is 0.272 e. The molecule has 6 heteroatoms. The zero-order valence-corrected chi connectivity index (χ0v) is 11.8. The molecule has 1 saturated carbocycles. The molecule has 0 spiro atoms. The van der Waals surface area contributed by atoms with E-state index in [1.165, 1.54) is 0 Å². The zero-order valence-electron chi connectivity index (χ0n) is 11.8. The van der Waals surface area contributed by atoms with E-state index in [9.17, 15) is 0 Å². The number of nitrogens with two attached hydrogens (primary N) is 1. The van der Waals surface area contributed by atoms with Crippen molar-refractivity contribution < 1.29 is 23.7 Å². The van der Waals surface area contributed by atoms with Crippen LogP contribution in [0.25, 0.3) is 0 Å². The number of rotatable bonds is 4. The fourth-order valence-electron chi connectivity index (χ4n) is 3.38. The molecule has 1 aromatic rings. The van der Waals surface area contributed by atoms with Crippen molar-refractivity contribution in [2.75, 3.05) is 7.11 Å². The van der Waals surface area contributed by atoms with Gasteiger partial charge in [0.15, 0.2) is 0 Å². The Labute approximate surface area is 123 Å². The van der Waals surface area contributed by atoms with Crippen LogP contribution >= 0.6 is 0 Å². The van der Waals surface area contributed by atoms with Crippen molar-refractivity contribution in [2.45, 2.75) is 49.6 Å². The molecule has 3 heterocycles. The molecule has 0 radical (unpaired) electrons. The Kier molecular flexibility index (Phi) is 3.45. The first kappa shape index (κ1) is 13.6. The highest BCUT2D eigenvalue weighted by atomic mass is 16.9. The van der Waals surface area contributed by atoms with Crippen molar-refractivity contribution in [1.29, 1.82) is 0 Å². The first-order valence-corrected chi connectivity index (χ1v) is 7.18. The van der Waals surface area contributed by atoms with Crippen LogP contribution in [0.4, 0.5) is 0 Å². The summed E-state index contributed by atoms with van der Waals surface area (Å²) in [6.07, 6.45) is -1.10. The van der Waals surface area contributed by atoms with Gasteiger partial charge >= 0.3 is 0 Å². The fourth-order valence-corrected chi connectivity index (χ4v) is 3.38. The molecule has 21 heavy (non-hydrogen) atoms. The minimum Gasteiger partial charge on any atom is -0.376 e. The van der Waals surface area contributed by atoms with Gasteiger partial charge in [0.25, 0.3) is 6.48 Å². The number of methoxy groups -OCH3 is 1. The number of benzene rings is 1. The summed E-state index contributed by atoms with van der Waals surface area (Å²) >= 11 is 0. The third kappa shape index (κ3) is 2.19. The molecular formula is C15H19NO5. The van der Waals surface area contributed by atoms with Gasteiger partial charge in [0.05, 0.1) is 12.6 Å². The van der Waals surface area contributed by atoms with Gasteiger partial charge in [-0.15, -0.1) is 0 Å². The van der Waals surface area contributed by atoms with Crippen molar-refractivity contribution in [1.82, 2.24) is 0 Å². The predicted molar refractivity (Wildman–Crippen MR) is 72.2 cm³/mol. The molecule has 1 unspecified atom stereocenters. The van der Waals surface area contributed by atoms with E-state index < -0.39 is 6.48 Å². The quantitative estimate of drug-likeness (QED) is 0.866. The van der Waals surface area contributed by atoms with E-state index in [1.54, 1.807) is 7.11 Å². The second-order valence-corrected chi connectivity index (χ2v) is 5.63. The van der Waals surface area contributed by atoms with Gasteiger partial charge in [-0.2, -0.15) is 0 Å². The molecule has 114 valence electrons. The summed E-state index contributed by atoms with van der Waals surface area (Å²) in [5, 5.41) is 0. The summed E-state index contributed by atoms with van der Waals surface area (Å²) in [6.45, 7) is -0.155. The molecule has 7 atom stereocenters. The van der Waals surface area contributed by atoms with Crippen LogP contribution in [0, 0.1) is 0 Å². The van der Waals surface area contributed by atoms with Crippen LogP contribution in [0.3, 0.4) is 0 Å². The van der Waals surface area contributed by atoms with Crippen molar-refractivity contribution in [3.8, 4) is 0 Å². The summed E-state index contributed by atoms with van der Waals surface area (Å²) in [4.78, 5) is 0. The third-order valence-corrected chi connectivity index (χ3v) is 4.42. The number of hydrogen-bond donors (Lipinski definition) is 1. The highest BCUT2D eigenvalue weighted by Gasteiger charge is 2.61. The van der Waals surface area contributed by atoms with E-state index >= 15 is 0 Å². The predicted octanol–water partition coefficient (Wildman–Crippen LogP) is 0.394. The van der Waals surface area contributed by atoms with Gasteiger partial charge in [0.1, 0.15) is 30.5 Å². The van der Waals surface area contributed by atoms with Gasteiger partial charge in [-0.3, -0.25) is 0 Å². The minimum absolute atomic E-state index is 0.200. The van der Waals surface area contributed by atoms with Crippen LogP contribution in [-0.4, -0.2) is 50.1 Å². The number of hydrogen-bond acceptors (Lipinski definition) is 6. The Bertz CT molecular complexity index is 498. The highest BCUT2D eigenvalue weighted by molar-refractivity contribution is 5.14. The lowest BCUT2D eigenvalue weighted by Gasteiger charge is -2.58. The van der Waals surface area contributed by atoms with Crippen molar-refractivity contribution >= 4 is 0 Å². The fraction of sp³-hybridized carbons (Fsp3) is 0.600. The lowest BCUT2D eigenvalue weighted by Crippen LogP contribution is -2.77. The molecule has 4 bridgehead atoms. The molecule has 4 fully saturated rings. The van der Waals surface area contributed by atoms with E-state index in [1.807, 2.05) is 30.3 Å². The molecule has 3 aliphatic heterocycles. The SMILES string of the molecule is CO[C@@H]1[C@H]2OC3O[C@@H]1[C@@H](N)[C@H](O3)[C@H]2OCc1ccccc1. The number of ether oxygens (including phenoxy) is 5. The van der Waals surface area contributed by atoms with E-state index in [0.717, 1.165) is 5.56 Å². The van der Waals surface area contributed by atoms with Gasteiger partial charge in [-0.05, 0) is 5.56 Å². The molecule has 1 aromatic carbocycles. The molecular weight excluding hydrogens is 274 g/mol. The standard InChI is InChI=1S/C15H19NO5/c1-17-12-10-9(16)11-13(14(12)21-15(19-10)20-11)18-7-8-5-3-2-4-6-8/h2-6,9-15H,7,16H2,1H3/t9-,10-,11+,12+,13-,14-,15?/m1/s1. The molecule has 6 nitrogen and oxygen atoms in total. The monoisotopic (exact) mass is 293 g/mol. The molecule has 2 N–H and O–H groups in total. The average molecular weight is 293 g/mol. The third-order valence-electron chi connectivity index (χ3n) is 4.42. The Morgan fingerprint density at radius 2 is 1.67 bits per heavy atom. The van der Waals surface area contributed by atoms with E-state index in [0.29, 0.717) is 6.61 Å². The molecule has 1 aliphatic carbocycles. The van der Waals surface area contributed by atoms with Gasteiger partial charge in [0.2, 0.25) is 0 Å². The second kappa shape index (κ2) is 5.31. The summed E-state index contributed by atoms with van der Waals surface area (Å²) in [7, 11) is 1.64. The Balaban J connectivity index is 1.52. The molecule has 4 aliphatic rings. The lowest BCUT2D eigenvalue weighted by atomic mass is 9.81. The van der Waals surface area contributed by atoms with Crippen LogP contribution in [0.1, 0.15) is 5.56 Å². The largest absolute Gasteiger partial charge is 0.376 e. The molecule has 5 rings (SSSR count). The topological polar surface area (TPSA) is 72.2 Å². The molecule has 0 aromatic heterocycles. The van der Waals surface area contributed by atoms with Crippen molar-refractivity contribution in [2.24, 2.45) is 5.73 Å². The average Bonchev–Trinajstić information content (AvgIpc) is 2.52. The maximum absolute atomic E-state index is 6.23. The van der Waals surface area contributed by atoms with E-state index in [-0.39, 0.29) is 36.6 Å². The summed E-state index contributed by atoms with van der Waals surface area (Å²) < 4.78 is 28.6. The van der Waals surface area contributed by atoms with Crippen molar-refractivity contribution in [3.63, 3.8) is 0 Å². The first-order chi connectivity index (χ1) is 10.3. The van der Waals surface area contributed by atoms with Gasteiger partial charge in [-0.25, -0.2) is 0 Å². The van der Waals surface area contributed by atoms with Crippen LogP contribution in [0.5, 0.6) is 0 Å². The van der Waals surface area contributed by atoms with E-state index in [2.05, 4.69) is 0 Å². The second-order valence-electron chi connectivity index (χ2n) is 5.63. The normalized spacial score (nSPS) is 44.2. The maximum atomic E-state index is 6.23. The molecule has 3 saturated heterocycles. The molecule has 0 amide bonds. The Morgan fingerprint density at radius 3 is 2.38 bits per heavy atom. The van der Waals surface area contributed by atoms with Gasteiger partial charge in [0, 0.05) is 7.11 Å². The van der Waals surface area contributed by atoms with Crippen LogP contribution in [0.15, 0.2) is 30.3 Å². The highest BCUT2D eigenvalue weighted by Crippen LogP contribution is 2.41. The van der Waals surface area contributed by atoms with Gasteiger partial charge in [-0.1, -0.05) is 30.3 Å². The summed E-state index contributed by atoms with van der Waals surface area (Å²) in [5.41, 5.74) is 7.33. The summed E-state index contributed by atoms with van der Waals surface area (Å²) in [5.74, 6) is 0. The summed E-state index contributed by atoms with van der Waals surface area (Å²) in [6, 6.07) is 9.73. The zero-order chi connectivity index (χ0) is 14.4. The van der Waals surface area contributed by atoms with Gasteiger partial charge < -0.3 is 29.4 Å². The van der Waals surface area contributed by atoms with Crippen LogP contribution < -0.4 is 5.73 Å². The minimum atomic E-state index is -0.646. The van der Waals surface area contributed by atoms with Crippen LogP contribution in [-0.2, 0) is 30.3 Å². The van der Waals surface area contributed by atoms with Crippen LogP contribution in [0.2, 0.25) is 0 Å². The first-order valence-electron chi connectivity index (χ1n) is 7.18. The lowest BCUT2D eigenvalue weighted by molar-refractivity contribution is -0.471. The Hall–Kier alpha value is -1.02. The Morgan fingerprint density at radius 1 is 1.00 bits per heavy atom.